The summed E-state index contributed by atoms with van der Waals surface area (Å²) in [4.78, 5) is 37.0. The summed E-state index contributed by atoms with van der Waals surface area (Å²) in [5.41, 5.74) is 0.851. The zero-order chi connectivity index (χ0) is 18.7. The molecule has 8 nitrogen and oxygen atoms in total. The molecule has 26 heavy (non-hydrogen) atoms. The molecule has 0 aliphatic carbocycles. The Hall–Kier alpha value is -3.55. The molecule has 0 atom stereocenters. The normalized spacial score (nSPS) is 15.3. The second-order valence-corrected chi connectivity index (χ2v) is 5.41. The summed E-state index contributed by atoms with van der Waals surface area (Å²) in [6.07, 6.45) is 1.56. The van der Waals surface area contributed by atoms with Crippen LogP contribution in [0.3, 0.4) is 0 Å². The van der Waals surface area contributed by atoms with Crippen LogP contribution in [0.25, 0.3) is 6.08 Å². The number of amides is 3. The van der Waals surface area contributed by atoms with Gasteiger partial charge in [-0.1, -0.05) is 12.1 Å². The first-order chi connectivity index (χ1) is 12.5. The van der Waals surface area contributed by atoms with Crippen molar-refractivity contribution in [1.82, 2.24) is 10.2 Å². The fourth-order valence-corrected chi connectivity index (χ4v) is 2.44. The van der Waals surface area contributed by atoms with Crippen LogP contribution >= 0.6 is 0 Å². The lowest BCUT2D eigenvalue weighted by molar-refractivity contribution is -0.123. The smallest absolute Gasteiger partial charge is 0.373 e. The number of nitrogens with one attached hydrogen (secondary N) is 1. The highest BCUT2D eigenvalue weighted by Crippen LogP contribution is 2.20. The van der Waals surface area contributed by atoms with Gasteiger partial charge in [-0.2, -0.15) is 0 Å². The summed E-state index contributed by atoms with van der Waals surface area (Å²) in [5.74, 6) is -0.196. The minimum absolute atomic E-state index is 0.00157. The van der Waals surface area contributed by atoms with Gasteiger partial charge in [-0.25, -0.2) is 9.59 Å². The van der Waals surface area contributed by atoms with Crippen LogP contribution in [0.1, 0.15) is 21.9 Å². The van der Waals surface area contributed by atoms with Crippen LogP contribution in [-0.4, -0.2) is 37.0 Å². The average molecular weight is 356 g/mol. The van der Waals surface area contributed by atoms with Crippen molar-refractivity contribution in [3.8, 4) is 5.75 Å². The first kappa shape index (κ1) is 17.3. The van der Waals surface area contributed by atoms with E-state index in [1.165, 1.54) is 19.2 Å². The molecule has 0 radical (unpaired) electrons. The molecule has 3 rings (SSSR count). The van der Waals surface area contributed by atoms with Crippen molar-refractivity contribution >= 4 is 24.0 Å². The topological polar surface area (TPSA) is 98.1 Å². The maximum atomic E-state index is 12.5. The van der Waals surface area contributed by atoms with Crippen molar-refractivity contribution in [3.63, 3.8) is 0 Å². The Morgan fingerprint density at radius 2 is 2.04 bits per heavy atom. The summed E-state index contributed by atoms with van der Waals surface area (Å²) in [6.45, 7) is -0.100. The quantitative estimate of drug-likeness (QED) is 0.501. The zero-order valence-electron chi connectivity index (χ0n) is 14.1. The molecule has 1 N–H and O–H groups in total. The van der Waals surface area contributed by atoms with Crippen molar-refractivity contribution in [2.45, 2.75) is 6.54 Å². The monoisotopic (exact) mass is 356 g/mol. The van der Waals surface area contributed by atoms with Gasteiger partial charge in [0.05, 0.1) is 20.8 Å². The van der Waals surface area contributed by atoms with E-state index in [1.807, 2.05) is 0 Å². The van der Waals surface area contributed by atoms with Crippen LogP contribution in [0.5, 0.6) is 5.75 Å². The Morgan fingerprint density at radius 1 is 1.23 bits per heavy atom. The van der Waals surface area contributed by atoms with Crippen molar-refractivity contribution in [2.24, 2.45) is 0 Å². The summed E-state index contributed by atoms with van der Waals surface area (Å²) >= 11 is 0. The number of carbonyl (C=O) groups is 3. The van der Waals surface area contributed by atoms with Crippen LogP contribution in [0, 0.1) is 0 Å². The van der Waals surface area contributed by atoms with Gasteiger partial charge in [-0.3, -0.25) is 9.69 Å². The van der Waals surface area contributed by atoms with Gasteiger partial charge in [0.15, 0.2) is 0 Å². The maximum absolute atomic E-state index is 12.5. The number of benzene rings is 1. The molecule has 1 aliphatic heterocycles. The summed E-state index contributed by atoms with van der Waals surface area (Å²) in [5, 5.41) is 2.53. The molecule has 2 aromatic rings. The van der Waals surface area contributed by atoms with Gasteiger partial charge in [-0.05, 0) is 35.9 Å². The van der Waals surface area contributed by atoms with Gasteiger partial charge in [0.25, 0.3) is 5.91 Å². The highest BCUT2D eigenvalue weighted by Gasteiger charge is 2.34. The Bertz CT molecular complexity index is 899. The lowest BCUT2D eigenvalue weighted by Gasteiger charge is -2.09. The van der Waals surface area contributed by atoms with Crippen LogP contribution in [0.2, 0.25) is 0 Å². The molecular weight excluding hydrogens is 340 g/mol. The molecule has 0 unspecified atom stereocenters. The van der Waals surface area contributed by atoms with E-state index >= 15 is 0 Å². The standard InChI is InChI=1S/C18H16N2O6/c1-24-12-5-3-4-11(8-12)9-14-16(21)20(18(23)19-14)10-13-6-7-15(26-13)17(22)25-2/h3-9H,10H2,1-2H3,(H,19,23). The van der Waals surface area contributed by atoms with E-state index < -0.39 is 17.9 Å². The average Bonchev–Trinajstić information content (AvgIpc) is 3.22. The molecule has 1 saturated heterocycles. The number of imide groups is 1. The molecule has 1 aliphatic rings. The molecule has 1 fully saturated rings. The molecule has 0 bridgehead atoms. The van der Waals surface area contributed by atoms with Crippen LogP contribution in [-0.2, 0) is 16.1 Å². The predicted octanol–water partition coefficient (Wildman–Crippen LogP) is 2.17. The minimum atomic E-state index is -0.632. The first-order valence-corrected chi connectivity index (χ1v) is 7.67. The SMILES string of the molecule is COC(=O)c1ccc(CN2C(=O)NC(=Cc3cccc(OC)c3)C2=O)o1. The third kappa shape index (κ3) is 3.44. The summed E-state index contributed by atoms with van der Waals surface area (Å²) in [6, 6.07) is 9.45. The second kappa shape index (κ2) is 7.14. The number of esters is 1. The van der Waals surface area contributed by atoms with E-state index in [9.17, 15) is 14.4 Å². The highest BCUT2D eigenvalue weighted by atomic mass is 16.5. The van der Waals surface area contributed by atoms with E-state index in [0.29, 0.717) is 11.3 Å². The number of ether oxygens (including phenoxy) is 2. The molecule has 8 heteroatoms. The van der Waals surface area contributed by atoms with Crippen LogP contribution < -0.4 is 10.1 Å². The lowest BCUT2D eigenvalue weighted by Crippen LogP contribution is -2.30. The Morgan fingerprint density at radius 3 is 2.77 bits per heavy atom. The number of rotatable bonds is 5. The van der Waals surface area contributed by atoms with Crippen molar-refractivity contribution in [2.75, 3.05) is 14.2 Å². The largest absolute Gasteiger partial charge is 0.497 e. The number of urea groups is 1. The van der Waals surface area contributed by atoms with Crippen molar-refractivity contribution in [3.05, 3.63) is 59.2 Å². The number of hydrogen-bond acceptors (Lipinski definition) is 6. The van der Waals surface area contributed by atoms with E-state index in [4.69, 9.17) is 9.15 Å². The van der Waals surface area contributed by atoms with Gasteiger partial charge in [0.1, 0.15) is 17.2 Å². The molecule has 1 aromatic heterocycles. The molecule has 3 amide bonds. The predicted molar refractivity (Wildman–Crippen MR) is 90.1 cm³/mol. The summed E-state index contributed by atoms with van der Waals surface area (Å²) in [7, 11) is 2.78. The fraction of sp³-hybridized carbons (Fsp3) is 0.167. The van der Waals surface area contributed by atoms with Crippen molar-refractivity contribution < 1.29 is 28.3 Å². The maximum Gasteiger partial charge on any atom is 0.373 e. The Kier molecular flexibility index (Phi) is 4.74. The molecular formula is C18H16N2O6. The third-order valence-electron chi connectivity index (χ3n) is 3.73. The Balaban J connectivity index is 1.77. The van der Waals surface area contributed by atoms with Crippen LogP contribution in [0.15, 0.2) is 46.5 Å². The number of methoxy groups -OCH3 is 2. The fourth-order valence-electron chi connectivity index (χ4n) is 2.44. The minimum Gasteiger partial charge on any atom is -0.497 e. The number of carbonyl (C=O) groups excluding carboxylic acids is 3. The highest BCUT2D eigenvalue weighted by molar-refractivity contribution is 6.13. The van der Waals surface area contributed by atoms with Gasteiger partial charge in [0.2, 0.25) is 5.76 Å². The number of furan rings is 1. The van der Waals surface area contributed by atoms with Gasteiger partial charge >= 0.3 is 12.0 Å². The van der Waals surface area contributed by atoms with Gasteiger partial charge in [0, 0.05) is 0 Å². The van der Waals surface area contributed by atoms with Gasteiger partial charge < -0.3 is 19.2 Å². The van der Waals surface area contributed by atoms with E-state index in [0.717, 1.165) is 4.90 Å². The molecule has 1 aromatic carbocycles. The molecule has 2 heterocycles. The number of nitrogens with zero attached hydrogens (tertiary/aromatic N) is 1. The molecule has 134 valence electrons. The zero-order valence-corrected chi connectivity index (χ0v) is 14.1. The second-order valence-electron chi connectivity index (χ2n) is 5.41. The molecule has 0 saturated carbocycles. The van der Waals surface area contributed by atoms with Crippen LogP contribution in [0.4, 0.5) is 4.79 Å². The van der Waals surface area contributed by atoms with Crippen molar-refractivity contribution in [1.29, 1.82) is 0 Å². The first-order valence-electron chi connectivity index (χ1n) is 7.67. The van der Waals surface area contributed by atoms with Gasteiger partial charge in [-0.15, -0.1) is 0 Å². The number of hydrogen-bond donors (Lipinski definition) is 1. The third-order valence-corrected chi connectivity index (χ3v) is 3.73. The lowest BCUT2D eigenvalue weighted by atomic mass is 10.2. The summed E-state index contributed by atoms with van der Waals surface area (Å²) < 4.78 is 15.0. The van der Waals surface area contributed by atoms with E-state index in [1.54, 1.807) is 37.5 Å². The molecule has 0 spiro atoms. The van der Waals surface area contributed by atoms with E-state index in [2.05, 4.69) is 10.1 Å². The Labute approximate surface area is 149 Å². The van der Waals surface area contributed by atoms with E-state index in [-0.39, 0.29) is 23.8 Å².